The molecule has 6 N–H and O–H groups in total. The topological polar surface area (TPSA) is 300 Å². The predicted octanol–water partition coefficient (Wildman–Crippen LogP) is 5.27. The van der Waals surface area contributed by atoms with Crippen LogP contribution in [0.25, 0.3) is 22.3 Å². The first kappa shape index (κ1) is 52.4. The number of aromatic nitrogens is 8. The van der Waals surface area contributed by atoms with Gasteiger partial charge in [0.15, 0.2) is 51.4 Å². The van der Waals surface area contributed by atoms with E-state index in [1.54, 1.807) is 27.7 Å². The molecule has 3 aliphatic heterocycles. The number of aromatic amines is 2. The summed E-state index contributed by atoms with van der Waals surface area (Å²) in [6.07, 6.45) is -6.02. The summed E-state index contributed by atoms with van der Waals surface area (Å²) in [5.41, 5.74) is -1.30. The number of H-pyrrole nitrogens is 2. The summed E-state index contributed by atoms with van der Waals surface area (Å²) < 4.78 is 55.6. The molecule has 3 fully saturated rings. The van der Waals surface area contributed by atoms with Gasteiger partial charge in [-0.25, -0.2) is 9.97 Å². The van der Waals surface area contributed by atoms with E-state index in [2.05, 4.69) is 82.1 Å². The van der Waals surface area contributed by atoms with Crippen molar-refractivity contribution in [3.05, 3.63) is 33.4 Å². The molecule has 0 aliphatic carbocycles. The third-order valence-corrected chi connectivity index (χ3v) is 23.6. The Morgan fingerprint density at radius 2 is 1.06 bits per heavy atom. The lowest BCUT2D eigenvalue weighted by Crippen LogP contribution is -2.50. The lowest BCUT2D eigenvalue weighted by Gasteiger charge is -2.41. The van der Waals surface area contributed by atoms with E-state index in [-0.39, 0.29) is 69.3 Å². The number of hydrogen-bond donors (Lipinski definition) is 6. The minimum Gasteiger partial charge on any atom is -0.408 e. The number of nitrogens with zero attached hydrogens (tertiary/aromatic N) is 6. The molecule has 4 aromatic rings. The normalized spacial score (nSPS) is 27.9. The summed E-state index contributed by atoms with van der Waals surface area (Å²) in [6.45, 7) is 26.6. The Morgan fingerprint density at radius 3 is 1.38 bits per heavy atom. The molecule has 7 rings (SSSR count). The summed E-state index contributed by atoms with van der Waals surface area (Å²) >= 11 is 0. The minimum absolute atomic E-state index is 0.0354. The van der Waals surface area contributed by atoms with Crippen LogP contribution in [0.15, 0.2) is 22.2 Å². The number of nitrogens with one attached hydrogen (secondary N) is 4. The molecular weight excluding hydrogens is 963 g/mol. The van der Waals surface area contributed by atoms with Crippen LogP contribution in [0, 0.1) is 11.8 Å². The van der Waals surface area contributed by atoms with Crippen LogP contribution in [0.1, 0.15) is 81.7 Å². The highest BCUT2D eigenvalue weighted by atomic mass is 31.2. The Hall–Kier alpha value is -3.47. The molecule has 3 saturated heterocycles. The van der Waals surface area contributed by atoms with Gasteiger partial charge in [-0.1, -0.05) is 69.2 Å². The molecule has 28 heteroatoms. The van der Waals surface area contributed by atoms with Crippen LogP contribution in [0.2, 0.25) is 36.3 Å². The second kappa shape index (κ2) is 19.6. The molecule has 10 atom stereocenters. The van der Waals surface area contributed by atoms with E-state index < -0.39 is 106 Å². The van der Waals surface area contributed by atoms with Crippen LogP contribution in [-0.2, 0) is 46.0 Å². The van der Waals surface area contributed by atoms with Gasteiger partial charge in [0.2, 0.25) is 23.7 Å². The van der Waals surface area contributed by atoms with Gasteiger partial charge in [0.25, 0.3) is 11.1 Å². The minimum atomic E-state index is -2.79. The molecule has 7 heterocycles. The summed E-state index contributed by atoms with van der Waals surface area (Å²) in [4.78, 5) is 98.4. The Balaban J connectivity index is 1.29. The average Bonchev–Trinajstić information content (AvgIpc) is 3.99. The van der Waals surface area contributed by atoms with Gasteiger partial charge in [-0.15, -0.1) is 0 Å². The quantitative estimate of drug-likeness (QED) is 0.0870. The Morgan fingerprint density at radius 1 is 0.706 bits per heavy atom. The zero-order chi connectivity index (χ0) is 50.0. The number of hydrogen-bond acceptors (Lipinski definition) is 18. The molecule has 4 bridgehead atoms. The molecule has 376 valence electrons. The van der Waals surface area contributed by atoms with Crippen molar-refractivity contribution in [3.63, 3.8) is 0 Å². The van der Waals surface area contributed by atoms with E-state index in [0.29, 0.717) is 0 Å². The van der Waals surface area contributed by atoms with Crippen molar-refractivity contribution in [2.45, 2.75) is 155 Å². The highest BCUT2D eigenvalue weighted by Crippen LogP contribution is 2.51. The van der Waals surface area contributed by atoms with Gasteiger partial charge in [-0.05, 0) is 36.3 Å². The van der Waals surface area contributed by atoms with E-state index >= 15 is 0 Å². The number of imidazole rings is 2. The molecule has 0 saturated carbocycles. The fourth-order valence-corrected chi connectivity index (χ4v) is 11.3. The summed E-state index contributed by atoms with van der Waals surface area (Å²) in [5.74, 6) is -1.83. The van der Waals surface area contributed by atoms with Gasteiger partial charge in [-0.2, -0.15) is 9.97 Å². The number of anilines is 2. The number of ether oxygens (including phenoxy) is 2. The first-order valence-corrected chi connectivity index (χ1v) is 30.4. The van der Waals surface area contributed by atoms with Crippen LogP contribution >= 0.6 is 17.2 Å². The maximum absolute atomic E-state index is 13.3. The molecule has 2 amide bonds. The molecular formula is C40H64N10O14P2Si2. The summed E-state index contributed by atoms with van der Waals surface area (Å²) in [5, 5.41) is 4.60. The van der Waals surface area contributed by atoms with Crippen molar-refractivity contribution in [2.75, 3.05) is 23.8 Å². The van der Waals surface area contributed by atoms with Crippen molar-refractivity contribution in [1.82, 2.24) is 39.0 Å². The monoisotopic (exact) mass is 1030 g/mol. The van der Waals surface area contributed by atoms with E-state index in [1.165, 1.54) is 21.8 Å². The number of carbonyl (C=O) groups excluding carboxylic acids is 2. The van der Waals surface area contributed by atoms with Crippen LogP contribution < -0.4 is 21.8 Å². The summed E-state index contributed by atoms with van der Waals surface area (Å²) in [6, 6.07) is 0. The molecule has 2 unspecified atom stereocenters. The molecule has 0 spiro atoms. The predicted molar refractivity (Wildman–Crippen MR) is 255 cm³/mol. The Kier molecular flexibility index (Phi) is 15.1. The molecule has 68 heavy (non-hydrogen) atoms. The molecule has 0 radical (unpaired) electrons. The first-order valence-electron chi connectivity index (χ1n) is 22.4. The summed E-state index contributed by atoms with van der Waals surface area (Å²) in [7, 11) is -11.0. The van der Waals surface area contributed by atoms with Gasteiger partial charge in [0.1, 0.15) is 36.6 Å². The van der Waals surface area contributed by atoms with Crippen LogP contribution in [-0.4, -0.2) is 127 Å². The average molecular weight is 1030 g/mol. The van der Waals surface area contributed by atoms with Gasteiger partial charge >= 0.3 is 17.2 Å². The molecule has 24 nitrogen and oxygen atoms in total. The molecule has 4 aromatic heterocycles. The van der Waals surface area contributed by atoms with Crippen molar-refractivity contribution in [2.24, 2.45) is 11.8 Å². The van der Waals surface area contributed by atoms with Gasteiger partial charge in [-0.3, -0.25) is 48.9 Å². The van der Waals surface area contributed by atoms with Crippen LogP contribution in [0.4, 0.5) is 11.9 Å². The van der Waals surface area contributed by atoms with Gasteiger partial charge in [0.05, 0.1) is 25.9 Å². The maximum Gasteiger partial charge on any atom is 0.330 e. The van der Waals surface area contributed by atoms with E-state index in [0.717, 1.165) is 0 Å². The lowest BCUT2D eigenvalue weighted by atomic mass is 10.1. The smallest absolute Gasteiger partial charge is 0.330 e. The molecule has 0 aromatic carbocycles. The Bertz CT molecular complexity index is 2440. The fraction of sp³-hybridized carbons (Fsp3) is 0.700. The van der Waals surface area contributed by atoms with Crippen LogP contribution in [0.5, 0.6) is 0 Å². The van der Waals surface area contributed by atoms with E-state index in [1.807, 2.05) is 26.2 Å². The van der Waals surface area contributed by atoms with Gasteiger partial charge in [0, 0.05) is 11.8 Å². The lowest BCUT2D eigenvalue weighted by molar-refractivity contribution is -0.119. The zero-order valence-corrected chi connectivity index (χ0v) is 44.5. The first-order chi connectivity index (χ1) is 31.6. The number of amides is 2. The second-order valence-corrected chi connectivity index (χ2v) is 32.2. The number of rotatable bonds is 10. The standard InChI is InChI=1S/C40H64N10O14P2Si2/c1-19(2)31(51)45-37-43-29-23(33(53)47-37)41-17-49(29)35-27-25(63-67(11,12)39(5,6)7)21(59-35)15-57-66(56)62-28-26(64-68(13,14)40(8,9)10)22(16-58-65(55)61-27)60-36(28)50-18-42-24-30(50)44-38(48-34(24)54)46-32(52)20(3)4/h17-22,25-28,35-36,55-56H,15-16H2,1-14H3,(H2,43,45,47,51,53)(H2,44,46,48,52,54)/t21-,22-,25-,26-,27-,28-,35-,36-,65?,66?/m1/s1. The van der Waals surface area contributed by atoms with E-state index in [9.17, 15) is 29.0 Å². The Labute approximate surface area is 397 Å². The van der Waals surface area contributed by atoms with Crippen molar-refractivity contribution in [1.29, 1.82) is 0 Å². The van der Waals surface area contributed by atoms with Crippen molar-refractivity contribution < 1.29 is 55.8 Å². The highest BCUT2D eigenvalue weighted by molar-refractivity contribution is 7.40. The SMILES string of the molecule is CC(C)C(=O)Nc1nc2c(ncn2[C@@H]2O[C@@H]3COP(O)O[C@@H]4[C@H](O[Si](C)(C)C(C)(C)C)[C@@H](COP(O)O[C@@H]2[C@@H]3O[Si](C)(C)C(C)(C)C)O[C@H]4n2cnc3c(=O)[nH]c(NC(=O)C(C)C)nc32)c(=O)[nH]1. The highest BCUT2D eigenvalue weighted by Gasteiger charge is 2.56. The zero-order valence-electron chi connectivity index (χ0n) is 40.7. The van der Waals surface area contributed by atoms with Crippen molar-refractivity contribution >= 4 is 79.9 Å². The second-order valence-electron chi connectivity index (χ2n) is 20.8. The third-order valence-electron chi connectivity index (χ3n) is 13.1. The largest absolute Gasteiger partial charge is 0.408 e. The fourth-order valence-electron chi connectivity index (χ4n) is 7.08. The number of carbonyl (C=O) groups is 2. The van der Waals surface area contributed by atoms with E-state index in [4.69, 9.17) is 36.4 Å². The van der Waals surface area contributed by atoms with Crippen molar-refractivity contribution in [3.8, 4) is 0 Å². The molecule has 3 aliphatic rings. The maximum atomic E-state index is 13.3. The third kappa shape index (κ3) is 10.7. The number of fused-ring (bicyclic) bond motifs is 6. The van der Waals surface area contributed by atoms with Gasteiger partial charge < -0.3 is 46.2 Å². The van der Waals surface area contributed by atoms with Crippen LogP contribution in [0.3, 0.4) is 0 Å².